The first-order valence-electron chi connectivity index (χ1n) is 6.90. The van der Waals surface area contributed by atoms with E-state index in [0.717, 1.165) is 37.4 Å². The van der Waals surface area contributed by atoms with E-state index in [9.17, 15) is 5.11 Å². The fourth-order valence-corrected chi connectivity index (χ4v) is 3.27. The average Bonchev–Trinajstić information content (AvgIpc) is 2.86. The SMILES string of the molecule is CC(C)c1ccc(N2C[C@H]3CC(O)C[C@H]3C2)nn1. The lowest BCUT2D eigenvalue weighted by Crippen LogP contribution is -2.23. The number of aromatic nitrogens is 2. The highest BCUT2D eigenvalue weighted by atomic mass is 16.3. The maximum atomic E-state index is 9.64. The summed E-state index contributed by atoms with van der Waals surface area (Å²) in [6, 6.07) is 4.16. The van der Waals surface area contributed by atoms with Crippen LogP contribution < -0.4 is 4.90 Å². The Morgan fingerprint density at radius 3 is 2.33 bits per heavy atom. The zero-order chi connectivity index (χ0) is 12.7. The fourth-order valence-electron chi connectivity index (χ4n) is 3.27. The van der Waals surface area contributed by atoms with Crippen molar-refractivity contribution in [3.63, 3.8) is 0 Å². The van der Waals surface area contributed by atoms with Gasteiger partial charge in [-0.25, -0.2) is 0 Å². The minimum atomic E-state index is -0.0726. The van der Waals surface area contributed by atoms with E-state index < -0.39 is 0 Å². The highest BCUT2D eigenvalue weighted by Crippen LogP contribution is 2.39. The molecule has 2 heterocycles. The number of aliphatic hydroxyl groups is 1. The molecule has 3 atom stereocenters. The van der Waals surface area contributed by atoms with Crippen LogP contribution in [0.2, 0.25) is 0 Å². The normalized spacial score (nSPS) is 31.1. The molecular formula is C14H21N3O. The highest BCUT2D eigenvalue weighted by molar-refractivity contribution is 5.39. The molecule has 0 amide bonds. The molecule has 1 saturated heterocycles. The molecule has 1 N–H and O–H groups in total. The van der Waals surface area contributed by atoms with Crippen molar-refractivity contribution in [2.75, 3.05) is 18.0 Å². The third-order valence-corrected chi connectivity index (χ3v) is 4.31. The minimum absolute atomic E-state index is 0.0726. The Kier molecular flexibility index (Phi) is 2.98. The summed E-state index contributed by atoms with van der Waals surface area (Å²) in [4.78, 5) is 2.32. The molecule has 1 aromatic heterocycles. The third-order valence-electron chi connectivity index (χ3n) is 4.31. The van der Waals surface area contributed by atoms with Crippen LogP contribution in [0.5, 0.6) is 0 Å². The summed E-state index contributed by atoms with van der Waals surface area (Å²) >= 11 is 0. The molecule has 1 saturated carbocycles. The first-order valence-corrected chi connectivity index (χ1v) is 6.90. The lowest BCUT2D eigenvalue weighted by atomic mass is 10.0. The summed E-state index contributed by atoms with van der Waals surface area (Å²) in [6.07, 6.45) is 1.84. The Morgan fingerprint density at radius 2 is 1.83 bits per heavy atom. The Hall–Kier alpha value is -1.16. The molecule has 0 bridgehead atoms. The van der Waals surface area contributed by atoms with Crippen LogP contribution in [0.1, 0.15) is 38.3 Å². The topological polar surface area (TPSA) is 49.2 Å². The lowest BCUT2D eigenvalue weighted by Gasteiger charge is -2.18. The van der Waals surface area contributed by atoms with E-state index in [-0.39, 0.29) is 6.10 Å². The van der Waals surface area contributed by atoms with Crippen LogP contribution in [0.4, 0.5) is 5.82 Å². The highest BCUT2D eigenvalue weighted by Gasteiger charge is 2.40. The van der Waals surface area contributed by atoms with Crippen molar-refractivity contribution in [3.05, 3.63) is 17.8 Å². The average molecular weight is 247 g/mol. The van der Waals surface area contributed by atoms with Gasteiger partial charge in [0.15, 0.2) is 5.82 Å². The summed E-state index contributed by atoms with van der Waals surface area (Å²) in [5.41, 5.74) is 1.05. The molecular weight excluding hydrogens is 226 g/mol. The molecule has 2 aliphatic rings. The molecule has 0 aromatic carbocycles. The maximum absolute atomic E-state index is 9.64. The van der Waals surface area contributed by atoms with Gasteiger partial charge in [-0.3, -0.25) is 0 Å². The molecule has 1 aliphatic heterocycles. The van der Waals surface area contributed by atoms with Gasteiger partial charge < -0.3 is 10.0 Å². The van der Waals surface area contributed by atoms with Crippen LogP contribution in [-0.4, -0.2) is 34.5 Å². The summed E-state index contributed by atoms with van der Waals surface area (Å²) in [5.74, 6) is 2.71. The van der Waals surface area contributed by atoms with E-state index in [1.165, 1.54) is 0 Å². The van der Waals surface area contributed by atoms with Crippen molar-refractivity contribution in [1.29, 1.82) is 0 Å². The second-order valence-electron chi connectivity index (χ2n) is 6.02. The summed E-state index contributed by atoms with van der Waals surface area (Å²) < 4.78 is 0. The molecule has 2 fully saturated rings. The smallest absolute Gasteiger partial charge is 0.151 e. The fraction of sp³-hybridized carbons (Fsp3) is 0.714. The van der Waals surface area contributed by atoms with Crippen molar-refractivity contribution >= 4 is 5.82 Å². The van der Waals surface area contributed by atoms with Crippen molar-refractivity contribution in [1.82, 2.24) is 10.2 Å². The largest absolute Gasteiger partial charge is 0.393 e. The van der Waals surface area contributed by atoms with Gasteiger partial charge in [0.1, 0.15) is 0 Å². The molecule has 3 rings (SSSR count). The summed E-state index contributed by atoms with van der Waals surface area (Å²) in [6.45, 7) is 6.31. The number of nitrogens with zero attached hydrogens (tertiary/aromatic N) is 3. The number of rotatable bonds is 2. The number of hydrogen-bond donors (Lipinski definition) is 1. The molecule has 0 radical (unpaired) electrons. The number of fused-ring (bicyclic) bond motifs is 1. The number of aliphatic hydroxyl groups excluding tert-OH is 1. The molecule has 1 unspecified atom stereocenters. The van der Waals surface area contributed by atoms with Crippen molar-refractivity contribution in [3.8, 4) is 0 Å². The van der Waals surface area contributed by atoms with Crippen molar-refractivity contribution in [2.45, 2.75) is 38.7 Å². The van der Waals surface area contributed by atoms with Crippen LogP contribution in [0.25, 0.3) is 0 Å². The van der Waals surface area contributed by atoms with Gasteiger partial charge in [0.25, 0.3) is 0 Å². The van der Waals surface area contributed by atoms with Gasteiger partial charge in [-0.2, -0.15) is 5.10 Å². The predicted molar refractivity (Wildman–Crippen MR) is 70.6 cm³/mol. The Morgan fingerprint density at radius 1 is 1.17 bits per heavy atom. The lowest BCUT2D eigenvalue weighted by molar-refractivity contribution is 0.174. The zero-order valence-corrected chi connectivity index (χ0v) is 11.1. The molecule has 98 valence electrons. The minimum Gasteiger partial charge on any atom is -0.393 e. The van der Waals surface area contributed by atoms with Gasteiger partial charge >= 0.3 is 0 Å². The molecule has 4 heteroatoms. The number of hydrogen-bond acceptors (Lipinski definition) is 4. The Labute approximate surface area is 108 Å². The second kappa shape index (κ2) is 4.50. The van der Waals surface area contributed by atoms with E-state index >= 15 is 0 Å². The Bertz CT molecular complexity index is 404. The van der Waals surface area contributed by atoms with E-state index in [1.807, 2.05) is 0 Å². The zero-order valence-electron chi connectivity index (χ0n) is 11.1. The van der Waals surface area contributed by atoms with Gasteiger partial charge in [-0.05, 0) is 42.7 Å². The van der Waals surface area contributed by atoms with E-state index in [0.29, 0.717) is 17.8 Å². The predicted octanol–water partition coefficient (Wildman–Crippen LogP) is 1.81. The molecule has 4 nitrogen and oxygen atoms in total. The number of anilines is 1. The van der Waals surface area contributed by atoms with E-state index in [4.69, 9.17) is 0 Å². The first kappa shape index (κ1) is 11.9. The third kappa shape index (κ3) is 2.09. The molecule has 18 heavy (non-hydrogen) atoms. The summed E-state index contributed by atoms with van der Waals surface area (Å²) in [5, 5.41) is 18.3. The van der Waals surface area contributed by atoms with Crippen LogP contribution in [0.15, 0.2) is 12.1 Å². The van der Waals surface area contributed by atoms with Gasteiger partial charge in [0.05, 0.1) is 11.8 Å². The van der Waals surface area contributed by atoms with E-state index in [2.05, 4.69) is 41.1 Å². The summed E-state index contributed by atoms with van der Waals surface area (Å²) in [7, 11) is 0. The van der Waals surface area contributed by atoms with Crippen molar-refractivity contribution in [2.24, 2.45) is 11.8 Å². The van der Waals surface area contributed by atoms with E-state index in [1.54, 1.807) is 0 Å². The quantitative estimate of drug-likeness (QED) is 0.866. The molecule has 1 aromatic rings. The second-order valence-corrected chi connectivity index (χ2v) is 6.02. The van der Waals surface area contributed by atoms with Crippen LogP contribution in [0, 0.1) is 11.8 Å². The van der Waals surface area contributed by atoms with Crippen molar-refractivity contribution < 1.29 is 5.11 Å². The molecule has 1 aliphatic carbocycles. The van der Waals surface area contributed by atoms with Gasteiger partial charge in [-0.1, -0.05) is 13.8 Å². The monoisotopic (exact) mass is 247 g/mol. The van der Waals surface area contributed by atoms with Crippen LogP contribution in [0.3, 0.4) is 0 Å². The van der Waals surface area contributed by atoms with Crippen LogP contribution in [-0.2, 0) is 0 Å². The standard InChI is InChI=1S/C14H21N3O/c1-9(2)13-3-4-14(16-15-13)17-7-10-5-12(18)6-11(10)8-17/h3-4,9-12,18H,5-8H2,1-2H3/t10-,11+,12?. The van der Waals surface area contributed by atoms with Crippen LogP contribution >= 0.6 is 0 Å². The van der Waals surface area contributed by atoms with Gasteiger partial charge in [0, 0.05) is 13.1 Å². The molecule has 0 spiro atoms. The van der Waals surface area contributed by atoms with Gasteiger partial charge in [-0.15, -0.1) is 5.10 Å². The Balaban J connectivity index is 1.70. The maximum Gasteiger partial charge on any atom is 0.151 e. The first-order chi connectivity index (χ1) is 8.63. The van der Waals surface area contributed by atoms with Gasteiger partial charge in [0.2, 0.25) is 0 Å².